The SMILES string of the molecule is Cc1cccc(C)c1NC(=O)[C@@H](C)OC(=O)CCC(=O)c1ccc2c(c1)OCCCO2. The molecule has 7 nitrogen and oxygen atoms in total. The lowest BCUT2D eigenvalue weighted by Gasteiger charge is -2.16. The highest BCUT2D eigenvalue weighted by Crippen LogP contribution is 2.31. The van der Waals surface area contributed by atoms with E-state index in [9.17, 15) is 14.4 Å². The Morgan fingerprint density at radius 1 is 1.00 bits per heavy atom. The normalized spacial score (nSPS) is 13.6. The van der Waals surface area contributed by atoms with E-state index in [4.69, 9.17) is 14.2 Å². The number of nitrogens with one attached hydrogen (secondary N) is 1. The highest BCUT2D eigenvalue weighted by atomic mass is 16.5. The number of ketones is 1. The molecule has 0 radical (unpaired) electrons. The molecule has 0 spiro atoms. The Hall–Kier alpha value is -3.35. The number of Topliss-reactive ketones (excluding diaryl/α,β-unsaturated/α-hetero) is 1. The van der Waals surface area contributed by atoms with Crippen LogP contribution in [0.15, 0.2) is 36.4 Å². The second kappa shape index (κ2) is 10.1. The van der Waals surface area contributed by atoms with Gasteiger partial charge in [0.2, 0.25) is 0 Å². The predicted octanol–water partition coefficient (Wildman–Crippen LogP) is 4.00. The van der Waals surface area contributed by atoms with Gasteiger partial charge in [-0.1, -0.05) is 18.2 Å². The van der Waals surface area contributed by atoms with E-state index in [2.05, 4.69) is 5.32 Å². The number of fused-ring (bicyclic) bond motifs is 1. The lowest BCUT2D eigenvalue weighted by Crippen LogP contribution is -2.30. The van der Waals surface area contributed by atoms with E-state index in [1.54, 1.807) is 18.2 Å². The van der Waals surface area contributed by atoms with Crippen LogP contribution in [0.25, 0.3) is 0 Å². The number of carbonyl (C=O) groups is 3. The fourth-order valence-corrected chi connectivity index (χ4v) is 3.24. The second-order valence-electron chi connectivity index (χ2n) is 7.52. The van der Waals surface area contributed by atoms with E-state index in [-0.39, 0.29) is 18.6 Å². The van der Waals surface area contributed by atoms with Gasteiger partial charge in [-0.05, 0) is 50.1 Å². The van der Waals surface area contributed by atoms with Crippen molar-refractivity contribution >= 4 is 23.3 Å². The Kier molecular flexibility index (Phi) is 7.28. The summed E-state index contributed by atoms with van der Waals surface area (Å²) in [5, 5.41) is 2.80. The maximum Gasteiger partial charge on any atom is 0.307 e. The lowest BCUT2D eigenvalue weighted by atomic mass is 10.1. The summed E-state index contributed by atoms with van der Waals surface area (Å²) in [5.74, 6) is -0.0908. The van der Waals surface area contributed by atoms with Gasteiger partial charge in [0.1, 0.15) is 0 Å². The smallest absolute Gasteiger partial charge is 0.307 e. The molecular formula is C24H27NO6. The Labute approximate surface area is 181 Å². The van der Waals surface area contributed by atoms with Gasteiger partial charge in [0.25, 0.3) is 5.91 Å². The van der Waals surface area contributed by atoms with E-state index in [1.165, 1.54) is 6.92 Å². The molecule has 7 heteroatoms. The Morgan fingerprint density at radius 2 is 1.68 bits per heavy atom. The molecule has 1 aliphatic rings. The molecular weight excluding hydrogens is 398 g/mol. The quantitative estimate of drug-likeness (QED) is 0.533. The molecule has 31 heavy (non-hydrogen) atoms. The Morgan fingerprint density at radius 3 is 2.39 bits per heavy atom. The van der Waals surface area contributed by atoms with Crippen molar-refractivity contribution in [3.05, 3.63) is 53.1 Å². The monoisotopic (exact) mass is 425 g/mol. The first kappa shape index (κ1) is 22.3. The van der Waals surface area contributed by atoms with Crippen LogP contribution < -0.4 is 14.8 Å². The average Bonchev–Trinajstić information content (AvgIpc) is 2.99. The fraction of sp³-hybridized carbons (Fsp3) is 0.375. The number of hydrogen-bond donors (Lipinski definition) is 1. The molecule has 1 aliphatic heterocycles. The highest BCUT2D eigenvalue weighted by molar-refractivity contribution is 5.99. The van der Waals surface area contributed by atoms with Gasteiger partial charge in [-0.25, -0.2) is 0 Å². The largest absolute Gasteiger partial charge is 0.490 e. The van der Waals surface area contributed by atoms with Gasteiger partial charge in [-0.15, -0.1) is 0 Å². The molecule has 0 fully saturated rings. The minimum Gasteiger partial charge on any atom is -0.490 e. The van der Waals surface area contributed by atoms with Crippen LogP contribution in [-0.4, -0.2) is 37.0 Å². The topological polar surface area (TPSA) is 90.9 Å². The van der Waals surface area contributed by atoms with Crippen LogP contribution in [0.2, 0.25) is 0 Å². The first-order valence-corrected chi connectivity index (χ1v) is 10.3. The number of esters is 1. The number of hydrogen-bond acceptors (Lipinski definition) is 6. The molecule has 0 unspecified atom stereocenters. The summed E-state index contributed by atoms with van der Waals surface area (Å²) in [4.78, 5) is 37.0. The number of ether oxygens (including phenoxy) is 3. The number of rotatable bonds is 7. The maximum atomic E-state index is 12.5. The number of carbonyl (C=O) groups excluding carboxylic acids is 3. The molecule has 0 aliphatic carbocycles. The molecule has 1 N–H and O–H groups in total. The molecule has 164 valence electrons. The van der Waals surface area contributed by atoms with E-state index >= 15 is 0 Å². The van der Waals surface area contributed by atoms with E-state index in [0.717, 1.165) is 17.5 Å². The summed E-state index contributed by atoms with van der Waals surface area (Å²) in [7, 11) is 0. The molecule has 2 aromatic carbocycles. The second-order valence-corrected chi connectivity index (χ2v) is 7.52. The molecule has 0 saturated carbocycles. The summed E-state index contributed by atoms with van der Waals surface area (Å²) >= 11 is 0. The molecule has 0 bridgehead atoms. The van der Waals surface area contributed by atoms with Crippen LogP contribution in [0.5, 0.6) is 11.5 Å². The standard InChI is InChI=1S/C24H27NO6/c1-15-6-4-7-16(2)23(15)25-24(28)17(3)31-22(27)11-9-19(26)18-8-10-20-21(14-18)30-13-5-12-29-20/h4,6-8,10,14,17H,5,9,11-13H2,1-3H3,(H,25,28)/t17-/m1/s1. The van der Waals surface area contributed by atoms with Gasteiger partial charge in [0.15, 0.2) is 23.4 Å². The Balaban J connectivity index is 1.51. The first-order chi connectivity index (χ1) is 14.8. The third-order valence-electron chi connectivity index (χ3n) is 5.03. The van der Waals surface area contributed by atoms with Crippen molar-refractivity contribution in [3.8, 4) is 11.5 Å². The zero-order chi connectivity index (χ0) is 22.4. The van der Waals surface area contributed by atoms with E-state index in [0.29, 0.717) is 36.0 Å². The van der Waals surface area contributed by atoms with Gasteiger partial charge in [-0.3, -0.25) is 14.4 Å². The number of para-hydroxylation sites is 1. The van der Waals surface area contributed by atoms with E-state index < -0.39 is 18.0 Å². The van der Waals surface area contributed by atoms with Crippen LogP contribution in [-0.2, 0) is 14.3 Å². The molecule has 1 amide bonds. The number of aryl methyl sites for hydroxylation is 2. The number of benzene rings is 2. The summed E-state index contributed by atoms with van der Waals surface area (Å²) < 4.78 is 16.4. The minimum atomic E-state index is -0.973. The van der Waals surface area contributed by atoms with Crippen molar-refractivity contribution in [1.82, 2.24) is 0 Å². The zero-order valence-corrected chi connectivity index (χ0v) is 18.0. The van der Waals surface area contributed by atoms with Crippen LogP contribution in [0.4, 0.5) is 5.69 Å². The third kappa shape index (κ3) is 5.84. The van der Waals surface area contributed by atoms with Crippen LogP contribution in [0.3, 0.4) is 0 Å². The van der Waals surface area contributed by atoms with Crippen LogP contribution in [0, 0.1) is 13.8 Å². The van der Waals surface area contributed by atoms with E-state index in [1.807, 2.05) is 32.0 Å². The highest BCUT2D eigenvalue weighted by Gasteiger charge is 2.20. The van der Waals surface area contributed by atoms with Gasteiger partial charge >= 0.3 is 5.97 Å². The molecule has 0 aromatic heterocycles. The van der Waals surface area contributed by atoms with Crippen LogP contribution in [0.1, 0.15) is 47.7 Å². The van der Waals surface area contributed by atoms with Gasteiger partial charge in [0.05, 0.1) is 19.6 Å². The molecule has 2 aromatic rings. The van der Waals surface area contributed by atoms with Gasteiger partial charge < -0.3 is 19.5 Å². The van der Waals surface area contributed by atoms with Crippen molar-refractivity contribution in [3.63, 3.8) is 0 Å². The van der Waals surface area contributed by atoms with Gasteiger partial charge in [-0.2, -0.15) is 0 Å². The first-order valence-electron chi connectivity index (χ1n) is 10.3. The van der Waals surface area contributed by atoms with Crippen molar-refractivity contribution < 1.29 is 28.6 Å². The average molecular weight is 425 g/mol. The number of amides is 1. The van der Waals surface area contributed by atoms with Crippen molar-refractivity contribution in [1.29, 1.82) is 0 Å². The molecule has 1 heterocycles. The van der Waals surface area contributed by atoms with Gasteiger partial charge in [0, 0.05) is 24.1 Å². The third-order valence-corrected chi connectivity index (χ3v) is 5.03. The van der Waals surface area contributed by atoms with Crippen molar-refractivity contribution in [2.75, 3.05) is 18.5 Å². The summed E-state index contributed by atoms with van der Waals surface area (Å²) in [6.45, 7) is 6.39. The fourth-order valence-electron chi connectivity index (χ4n) is 3.24. The predicted molar refractivity (Wildman–Crippen MR) is 116 cm³/mol. The lowest BCUT2D eigenvalue weighted by molar-refractivity contribution is -0.153. The molecule has 0 saturated heterocycles. The molecule has 3 rings (SSSR count). The summed E-state index contributed by atoms with van der Waals surface area (Å²) in [6.07, 6.45) is -0.337. The Bertz CT molecular complexity index is 964. The van der Waals surface area contributed by atoms with Crippen LogP contribution >= 0.6 is 0 Å². The minimum absolute atomic E-state index is 0.0241. The maximum absolute atomic E-state index is 12.5. The van der Waals surface area contributed by atoms with Crippen molar-refractivity contribution in [2.24, 2.45) is 0 Å². The molecule has 1 atom stereocenters. The van der Waals surface area contributed by atoms with Crippen molar-refractivity contribution in [2.45, 2.75) is 46.1 Å². The summed E-state index contributed by atoms with van der Waals surface area (Å²) in [6, 6.07) is 10.7. The zero-order valence-electron chi connectivity index (χ0n) is 18.0. The number of anilines is 1. The summed E-state index contributed by atoms with van der Waals surface area (Å²) in [5.41, 5.74) is 3.00.